The number of aromatic nitrogens is 4. The number of hydrogen-bond donors (Lipinski definition) is 2. The quantitative estimate of drug-likeness (QED) is 0.519. The van der Waals surface area contributed by atoms with Crippen molar-refractivity contribution in [2.75, 3.05) is 0 Å². The zero-order valence-electron chi connectivity index (χ0n) is 23.3. The molecular weight excluding hydrogens is 510 g/mol. The SMILES string of the molecule is Cc1ccc(-c2nccc(C34C=CC(=N3)C=c3ccc([nH]3)=CC3=NC(=CC5(C)NC(=C4)C(C)(C)C5=O)C=C3)n2)cn1. The summed E-state index contributed by atoms with van der Waals surface area (Å²) in [6.07, 6.45) is 19.4. The minimum Gasteiger partial charge on any atom is -0.373 e. The normalized spacial score (nSPS) is 25.5. The predicted octanol–water partition coefficient (Wildman–Crippen LogP) is 3.39. The Morgan fingerprint density at radius 2 is 1.66 bits per heavy atom. The number of nitrogens with one attached hydrogen (secondary N) is 2. The lowest BCUT2D eigenvalue weighted by atomic mass is 9.79. The Balaban J connectivity index is 1.45. The Hall–Kier alpha value is -4.98. The largest absolute Gasteiger partial charge is 0.373 e. The van der Waals surface area contributed by atoms with Crippen LogP contribution in [0.15, 0.2) is 101 Å². The van der Waals surface area contributed by atoms with Gasteiger partial charge in [-0.3, -0.25) is 14.8 Å². The summed E-state index contributed by atoms with van der Waals surface area (Å²) in [5.41, 5.74) is 2.86. The molecule has 2 atom stereocenters. The molecule has 0 aliphatic carbocycles. The molecule has 41 heavy (non-hydrogen) atoms. The van der Waals surface area contributed by atoms with Crippen LogP contribution < -0.4 is 16.0 Å². The minimum absolute atomic E-state index is 0.0599. The van der Waals surface area contributed by atoms with Gasteiger partial charge in [-0.05, 0) is 107 Å². The topological polar surface area (TPSA) is 108 Å². The van der Waals surface area contributed by atoms with Gasteiger partial charge in [0.2, 0.25) is 0 Å². The van der Waals surface area contributed by atoms with Crippen molar-refractivity contribution in [3.8, 4) is 11.4 Å². The Labute approximate surface area is 237 Å². The fourth-order valence-electron chi connectivity index (χ4n) is 5.77. The summed E-state index contributed by atoms with van der Waals surface area (Å²) in [5.74, 6) is 0.621. The van der Waals surface area contributed by atoms with E-state index >= 15 is 0 Å². The van der Waals surface area contributed by atoms with Gasteiger partial charge in [0.25, 0.3) is 0 Å². The zero-order chi connectivity index (χ0) is 28.4. The average Bonchev–Trinajstić information content (AvgIpc) is 3.72. The van der Waals surface area contributed by atoms with Crippen molar-refractivity contribution in [2.24, 2.45) is 15.4 Å². The third-order valence-corrected chi connectivity index (χ3v) is 7.99. The molecule has 3 aromatic rings. The van der Waals surface area contributed by atoms with Gasteiger partial charge in [0.05, 0.1) is 28.2 Å². The summed E-state index contributed by atoms with van der Waals surface area (Å²) in [6.45, 7) is 7.75. The van der Waals surface area contributed by atoms with Crippen molar-refractivity contribution in [2.45, 2.75) is 38.8 Å². The summed E-state index contributed by atoms with van der Waals surface area (Å²) < 4.78 is 0. The fraction of sp³-hybridized carbons (Fsp3) is 0.212. The smallest absolute Gasteiger partial charge is 0.173 e. The second-order valence-electron chi connectivity index (χ2n) is 11.6. The second kappa shape index (κ2) is 8.76. The Morgan fingerprint density at radius 1 is 0.854 bits per heavy atom. The number of ketones is 1. The van der Waals surface area contributed by atoms with E-state index in [1.165, 1.54) is 0 Å². The van der Waals surface area contributed by atoms with Gasteiger partial charge in [-0.2, -0.15) is 0 Å². The van der Waals surface area contributed by atoms with Crippen LogP contribution in [0.4, 0.5) is 0 Å². The predicted molar refractivity (Wildman–Crippen MR) is 160 cm³/mol. The molecule has 2 unspecified atom stereocenters. The number of carbonyl (C=O) groups excluding carboxylic acids is 1. The minimum atomic E-state index is -0.961. The van der Waals surface area contributed by atoms with Crippen LogP contribution in [0.1, 0.15) is 32.2 Å². The fourth-order valence-corrected chi connectivity index (χ4v) is 5.77. The molecule has 1 saturated heterocycles. The standard InChI is InChI=1S/C33H29N7O/c1-20-5-6-21(19-35-20)29-34-14-12-27(38-29)33-13-11-25(39-33)16-24-8-7-22(36-24)15-23-9-10-26(37-23)17-32(4)30(41)31(2,3)28(18-33)40-32/h5-19,36,40H,1-4H3. The lowest BCUT2D eigenvalue weighted by Crippen LogP contribution is -2.41. The van der Waals surface area contributed by atoms with Crippen molar-refractivity contribution < 1.29 is 4.79 Å². The maximum Gasteiger partial charge on any atom is 0.173 e. The number of hydrogen-bond acceptors (Lipinski definition) is 7. The van der Waals surface area contributed by atoms with E-state index in [2.05, 4.69) is 20.3 Å². The molecule has 0 aromatic carbocycles. The number of Topliss-reactive ketones (excluding diaryl/α,β-unsaturated/α-hetero) is 1. The molecule has 8 nitrogen and oxygen atoms in total. The van der Waals surface area contributed by atoms with Gasteiger partial charge in [0, 0.05) is 40.0 Å². The molecule has 4 aliphatic heterocycles. The van der Waals surface area contributed by atoms with Gasteiger partial charge in [-0.25, -0.2) is 15.0 Å². The first kappa shape index (κ1) is 25.0. The van der Waals surface area contributed by atoms with Crippen molar-refractivity contribution in [3.63, 3.8) is 0 Å². The molecule has 0 saturated carbocycles. The number of pyridine rings is 1. The van der Waals surface area contributed by atoms with Crippen molar-refractivity contribution in [3.05, 3.63) is 113 Å². The van der Waals surface area contributed by atoms with Gasteiger partial charge in [0.15, 0.2) is 11.6 Å². The maximum absolute atomic E-state index is 13.9. The molecule has 3 aromatic heterocycles. The second-order valence-corrected chi connectivity index (χ2v) is 11.6. The molecule has 4 aliphatic rings. The van der Waals surface area contributed by atoms with E-state index in [0.29, 0.717) is 11.5 Å². The number of carbonyl (C=O) groups is 1. The van der Waals surface area contributed by atoms with Crippen LogP contribution in [0.3, 0.4) is 0 Å². The third-order valence-electron chi connectivity index (χ3n) is 7.99. The number of allylic oxidation sites excluding steroid dienone is 4. The van der Waals surface area contributed by atoms with E-state index < -0.39 is 16.5 Å². The summed E-state index contributed by atoms with van der Waals surface area (Å²) in [6, 6.07) is 9.82. The lowest BCUT2D eigenvalue weighted by molar-refractivity contribution is -0.126. The highest BCUT2D eigenvalue weighted by Crippen LogP contribution is 2.44. The van der Waals surface area contributed by atoms with Crippen LogP contribution >= 0.6 is 0 Å². The van der Waals surface area contributed by atoms with Gasteiger partial charge in [-0.15, -0.1) is 0 Å². The van der Waals surface area contributed by atoms with E-state index in [9.17, 15) is 4.79 Å². The van der Waals surface area contributed by atoms with Crippen LogP contribution in [0.5, 0.6) is 0 Å². The third kappa shape index (κ3) is 4.23. The zero-order valence-corrected chi connectivity index (χ0v) is 23.3. The first-order valence-corrected chi connectivity index (χ1v) is 13.6. The number of fused-ring (bicyclic) bond motifs is 6. The molecule has 1 fully saturated rings. The Kier molecular flexibility index (Phi) is 5.35. The Morgan fingerprint density at radius 3 is 2.44 bits per heavy atom. The van der Waals surface area contributed by atoms with Crippen LogP contribution in [0.2, 0.25) is 0 Å². The molecule has 202 valence electrons. The molecule has 0 amide bonds. The van der Waals surface area contributed by atoms with Gasteiger partial charge in [0.1, 0.15) is 11.1 Å². The molecule has 0 spiro atoms. The van der Waals surface area contributed by atoms with Crippen LogP contribution in [0, 0.1) is 12.3 Å². The highest BCUT2D eigenvalue weighted by Gasteiger charge is 2.52. The number of nitrogens with zero attached hydrogens (tertiary/aromatic N) is 5. The number of aromatic amines is 1. The monoisotopic (exact) mass is 539 g/mol. The van der Waals surface area contributed by atoms with Crippen molar-refractivity contribution in [1.29, 1.82) is 0 Å². The average molecular weight is 540 g/mol. The van der Waals surface area contributed by atoms with Gasteiger partial charge < -0.3 is 10.3 Å². The summed E-state index contributed by atoms with van der Waals surface area (Å²) in [5, 5.41) is 5.40. The van der Waals surface area contributed by atoms with Gasteiger partial charge in [-0.1, -0.05) is 0 Å². The number of rotatable bonds is 2. The molecule has 7 heterocycles. The van der Waals surface area contributed by atoms with E-state index in [0.717, 1.165) is 44.8 Å². The molecule has 8 bridgehead atoms. The summed E-state index contributed by atoms with van der Waals surface area (Å²) in [7, 11) is 0. The molecule has 8 heteroatoms. The van der Waals surface area contributed by atoms with Gasteiger partial charge >= 0.3 is 0 Å². The van der Waals surface area contributed by atoms with E-state index in [1.807, 2.05) is 107 Å². The van der Waals surface area contributed by atoms with E-state index in [4.69, 9.17) is 15.0 Å². The van der Waals surface area contributed by atoms with Crippen LogP contribution in [-0.4, -0.2) is 42.7 Å². The van der Waals surface area contributed by atoms with E-state index in [1.54, 1.807) is 12.4 Å². The number of H-pyrrole nitrogens is 1. The summed E-state index contributed by atoms with van der Waals surface area (Å²) in [4.78, 5) is 41.2. The first-order valence-electron chi connectivity index (χ1n) is 13.6. The van der Waals surface area contributed by atoms with Crippen LogP contribution in [-0.2, 0) is 10.3 Å². The number of aliphatic imine (C=N–C) groups is 2. The van der Waals surface area contributed by atoms with E-state index in [-0.39, 0.29) is 5.78 Å². The van der Waals surface area contributed by atoms with Crippen LogP contribution in [0.25, 0.3) is 23.5 Å². The van der Waals surface area contributed by atoms with Crippen molar-refractivity contribution >= 4 is 29.4 Å². The molecule has 0 radical (unpaired) electrons. The highest BCUT2D eigenvalue weighted by molar-refractivity contribution is 6.20. The van der Waals surface area contributed by atoms with Crippen molar-refractivity contribution in [1.82, 2.24) is 25.3 Å². The number of aryl methyl sites for hydroxylation is 1. The molecule has 2 N–H and O–H groups in total. The first-order chi connectivity index (χ1) is 19.6. The maximum atomic E-state index is 13.9. The Bertz CT molecular complexity index is 1930. The summed E-state index contributed by atoms with van der Waals surface area (Å²) >= 11 is 0. The molecular formula is C33H29N7O. The molecule has 7 rings (SSSR count). The highest BCUT2D eigenvalue weighted by atomic mass is 16.1. The lowest BCUT2D eigenvalue weighted by Gasteiger charge is -2.25.